The van der Waals surface area contributed by atoms with Crippen LogP contribution in [0.1, 0.15) is 43.9 Å². The zero-order valence-corrected chi connectivity index (χ0v) is 23.2. The van der Waals surface area contributed by atoms with E-state index in [2.05, 4.69) is 0 Å². The molecule has 0 saturated carbocycles. The second-order valence-corrected chi connectivity index (χ2v) is 11.9. The molecular weight excluding hydrogens is 554 g/mol. The zero-order chi connectivity index (χ0) is 28.3. The summed E-state index contributed by atoms with van der Waals surface area (Å²) in [6, 6.07) is 19.5. The molecule has 0 atom stereocenters. The lowest BCUT2D eigenvalue weighted by atomic mass is 10.1. The van der Waals surface area contributed by atoms with Crippen molar-refractivity contribution in [3.05, 3.63) is 94.5 Å². The number of carbonyl (C=O) groups excluding carboxylic acids is 3. The fourth-order valence-electron chi connectivity index (χ4n) is 4.81. The summed E-state index contributed by atoms with van der Waals surface area (Å²) in [5.74, 6) is -0.921. The van der Waals surface area contributed by atoms with Crippen molar-refractivity contribution in [2.75, 3.05) is 44.3 Å². The van der Waals surface area contributed by atoms with Crippen LogP contribution >= 0.6 is 11.6 Å². The summed E-state index contributed by atoms with van der Waals surface area (Å²) in [7, 11) is -3.68. The molecule has 0 radical (unpaired) electrons. The second-order valence-electron chi connectivity index (χ2n) is 9.49. The molecule has 0 aliphatic carbocycles. The molecule has 2 heterocycles. The van der Waals surface area contributed by atoms with E-state index in [1.807, 2.05) is 0 Å². The van der Waals surface area contributed by atoms with Crippen molar-refractivity contribution in [1.29, 1.82) is 0 Å². The van der Waals surface area contributed by atoms with Gasteiger partial charge in [-0.2, -0.15) is 4.31 Å². The molecule has 3 amide bonds. The Morgan fingerprint density at radius 1 is 0.850 bits per heavy atom. The maximum atomic E-state index is 13.6. The van der Waals surface area contributed by atoms with Crippen LogP contribution < -0.4 is 4.90 Å². The molecule has 2 aliphatic rings. The Morgan fingerprint density at radius 3 is 2.05 bits per heavy atom. The van der Waals surface area contributed by atoms with Gasteiger partial charge < -0.3 is 9.64 Å². The van der Waals surface area contributed by atoms with Gasteiger partial charge in [-0.15, -0.1) is 0 Å². The largest absolute Gasteiger partial charge is 0.379 e. The highest BCUT2D eigenvalue weighted by atomic mass is 35.5. The van der Waals surface area contributed by atoms with Crippen molar-refractivity contribution in [3.63, 3.8) is 0 Å². The van der Waals surface area contributed by atoms with Gasteiger partial charge in [0.25, 0.3) is 17.7 Å². The quantitative estimate of drug-likeness (QED) is 0.279. The summed E-state index contributed by atoms with van der Waals surface area (Å²) in [5, 5.41) is 0.527. The average molecular weight is 582 g/mol. The number of fused-ring (bicyclic) bond motifs is 1. The monoisotopic (exact) mass is 581 g/mol. The van der Waals surface area contributed by atoms with Crippen LogP contribution in [0.2, 0.25) is 5.02 Å². The maximum Gasteiger partial charge on any atom is 0.261 e. The molecule has 11 heteroatoms. The molecule has 3 aromatic carbocycles. The van der Waals surface area contributed by atoms with E-state index in [-0.39, 0.29) is 42.3 Å². The third-order valence-electron chi connectivity index (χ3n) is 6.98. The minimum Gasteiger partial charge on any atom is -0.379 e. The third-order valence-corrected chi connectivity index (χ3v) is 9.15. The van der Waals surface area contributed by atoms with Crippen LogP contribution in [0.4, 0.5) is 5.69 Å². The number of hydrogen-bond donors (Lipinski definition) is 0. The molecule has 0 bridgehead atoms. The number of sulfonamides is 1. The highest BCUT2D eigenvalue weighted by molar-refractivity contribution is 7.89. The Morgan fingerprint density at radius 2 is 1.45 bits per heavy atom. The second kappa shape index (κ2) is 11.9. The fraction of sp³-hybridized carbons (Fsp3) is 0.276. The molecule has 1 saturated heterocycles. The average Bonchev–Trinajstić information content (AvgIpc) is 3.23. The van der Waals surface area contributed by atoms with Crippen LogP contribution in [0.3, 0.4) is 0 Å². The SMILES string of the molecule is O=C1c2ccccc2C(=O)N1CCCCN(C(=O)c1ccc(S(=O)(=O)N2CCOCC2)cc1)c1ccc(Cl)cc1. The lowest BCUT2D eigenvalue weighted by molar-refractivity contribution is 0.0651. The van der Waals surface area contributed by atoms with Gasteiger partial charge in [-0.1, -0.05) is 23.7 Å². The van der Waals surface area contributed by atoms with Crippen LogP contribution in [-0.2, 0) is 14.8 Å². The van der Waals surface area contributed by atoms with Gasteiger partial charge in [0.15, 0.2) is 0 Å². The summed E-state index contributed by atoms with van der Waals surface area (Å²) >= 11 is 6.06. The lowest BCUT2D eigenvalue weighted by Crippen LogP contribution is -2.40. The van der Waals surface area contributed by atoms with E-state index in [4.69, 9.17) is 16.3 Å². The van der Waals surface area contributed by atoms with E-state index < -0.39 is 10.0 Å². The number of benzene rings is 3. The van der Waals surface area contributed by atoms with Crippen LogP contribution in [0, 0.1) is 0 Å². The number of rotatable bonds is 9. The number of unbranched alkanes of at least 4 members (excludes halogenated alkanes) is 1. The standard InChI is InChI=1S/C29H28ClN3O6S/c30-22-9-11-23(12-10-22)32(15-3-4-16-33-28(35)25-5-1-2-6-26(25)29(33)36)27(34)21-7-13-24(14-8-21)40(37,38)31-17-19-39-20-18-31/h1-2,5-14H,3-4,15-20H2. The number of anilines is 1. The van der Waals surface area contributed by atoms with Crippen molar-refractivity contribution in [3.8, 4) is 0 Å². The molecule has 40 heavy (non-hydrogen) atoms. The normalized spacial score (nSPS) is 15.8. The number of imide groups is 1. The first-order valence-corrected chi connectivity index (χ1v) is 14.8. The third kappa shape index (κ3) is 5.66. The van der Waals surface area contributed by atoms with Crippen molar-refractivity contribution in [1.82, 2.24) is 9.21 Å². The maximum absolute atomic E-state index is 13.6. The Kier molecular flexibility index (Phi) is 8.32. The lowest BCUT2D eigenvalue weighted by Gasteiger charge is -2.26. The minimum absolute atomic E-state index is 0.116. The number of ether oxygens (including phenoxy) is 1. The van der Waals surface area contributed by atoms with E-state index in [1.165, 1.54) is 33.5 Å². The Bertz CT molecular complexity index is 1490. The molecule has 1 fully saturated rings. The van der Waals surface area contributed by atoms with Crippen LogP contribution in [-0.4, -0.2) is 74.7 Å². The Hall–Kier alpha value is -3.57. The van der Waals surface area contributed by atoms with Crippen molar-refractivity contribution >= 4 is 45.0 Å². The molecule has 5 rings (SSSR count). The molecule has 0 unspecified atom stereocenters. The fourth-order valence-corrected chi connectivity index (χ4v) is 6.35. The van der Waals surface area contributed by atoms with E-state index in [0.717, 1.165) is 0 Å². The van der Waals surface area contributed by atoms with Gasteiger partial charge in [-0.3, -0.25) is 19.3 Å². The molecule has 2 aliphatic heterocycles. The number of amides is 3. The topological polar surface area (TPSA) is 104 Å². The van der Waals surface area contributed by atoms with Gasteiger partial charge in [-0.05, 0) is 73.5 Å². The zero-order valence-electron chi connectivity index (χ0n) is 21.7. The highest BCUT2D eigenvalue weighted by Crippen LogP contribution is 2.25. The summed E-state index contributed by atoms with van der Waals surface area (Å²) in [6.07, 6.45) is 1.02. The van der Waals surface area contributed by atoms with Gasteiger partial charge in [-0.25, -0.2) is 8.42 Å². The molecule has 3 aromatic rings. The predicted octanol–water partition coefficient (Wildman–Crippen LogP) is 4.08. The first kappa shape index (κ1) is 28.0. The number of hydrogen-bond acceptors (Lipinski definition) is 6. The summed E-state index contributed by atoms with van der Waals surface area (Å²) in [6.45, 7) is 1.82. The van der Waals surface area contributed by atoms with Crippen molar-refractivity contribution in [2.24, 2.45) is 0 Å². The first-order valence-electron chi connectivity index (χ1n) is 13.0. The first-order chi connectivity index (χ1) is 19.3. The van der Waals surface area contributed by atoms with Crippen LogP contribution in [0.5, 0.6) is 0 Å². The number of morpholine rings is 1. The molecule has 0 spiro atoms. The smallest absolute Gasteiger partial charge is 0.261 e. The summed E-state index contributed by atoms with van der Waals surface area (Å²) in [4.78, 5) is 41.9. The number of halogens is 1. The Labute approximate surface area is 237 Å². The molecule has 0 N–H and O–H groups in total. The summed E-state index contributed by atoms with van der Waals surface area (Å²) in [5.41, 5.74) is 1.77. The Balaban J connectivity index is 1.27. The van der Waals surface area contributed by atoms with Gasteiger partial charge in [0.1, 0.15) is 0 Å². The van der Waals surface area contributed by atoms with E-state index in [1.54, 1.807) is 53.4 Å². The van der Waals surface area contributed by atoms with Gasteiger partial charge in [0.2, 0.25) is 10.0 Å². The van der Waals surface area contributed by atoms with Gasteiger partial charge in [0.05, 0.1) is 29.2 Å². The predicted molar refractivity (Wildman–Crippen MR) is 150 cm³/mol. The van der Waals surface area contributed by atoms with E-state index >= 15 is 0 Å². The van der Waals surface area contributed by atoms with Crippen molar-refractivity contribution in [2.45, 2.75) is 17.7 Å². The van der Waals surface area contributed by atoms with Crippen LogP contribution in [0.25, 0.3) is 0 Å². The van der Waals surface area contributed by atoms with E-state index in [9.17, 15) is 22.8 Å². The number of carbonyl (C=O) groups is 3. The van der Waals surface area contributed by atoms with E-state index in [0.29, 0.717) is 60.0 Å². The van der Waals surface area contributed by atoms with Gasteiger partial charge >= 0.3 is 0 Å². The van der Waals surface area contributed by atoms with Crippen molar-refractivity contribution < 1.29 is 27.5 Å². The highest BCUT2D eigenvalue weighted by Gasteiger charge is 2.34. The molecule has 9 nitrogen and oxygen atoms in total. The van der Waals surface area contributed by atoms with Crippen LogP contribution in [0.15, 0.2) is 77.7 Å². The molecular formula is C29H28ClN3O6S. The van der Waals surface area contributed by atoms with Gasteiger partial charge in [0, 0.05) is 42.5 Å². The molecule has 0 aromatic heterocycles. The summed E-state index contributed by atoms with van der Waals surface area (Å²) < 4.78 is 32.6. The minimum atomic E-state index is -3.68. The number of nitrogens with zero attached hydrogens (tertiary/aromatic N) is 3. The molecule has 208 valence electrons.